The first kappa shape index (κ1) is 14.5. The molecule has 0 spiro atoms. The lowest BCUT2D eigenvalue weighted by molar-refractivity contribution is 0.102. The summed E-state index contributed by atoms with van der Waals surface area (Å²) in [5, 5.41) is 11.2. The fraction of sp³-hybridized carbons (Fsp3) is 0.125. The van der Waals surface area contributed by atoms with Gasteiger partial charge in [0.15, 0.2) is 0 Å². The van der Waals surface area contributed by atoms with E-state index in [2.05, 4.69) is 5.32 Å². The van der Waals surface area contributed by atoms with Crippen LogP contribution >= 0.6 is 0 Å². The number of aryl methyl sites for hydroxylation is 1. The number of nitrogens with two attached hydrogens (primary N) is 1. The van der Waals surface area contributed by atoms with Crippen molar-refractivity contribution >= 4 is 17.3 Å². The molecule has 1 amide bonds. The summed E-state index contributed by atoms with van der Waals surface area (Å²) in [6, 6.07) is 11.6. The monoisotopic (exact) mass is 283 g/mol. The van der Waals surface area contributed by atoms with E-state index in [1.165, 1.54) is 12.1 Å². The van der Waals surface area contributed by atoms with E-state index in [1.54, 1.807) is 31.2 Å². The number of halogens is 1. The Bertz CT molecular complexity index is 718. The van der Waals surface area contributed by atoms with Gasteiger partial charge in [-0.3, -0.25) is 4.79 Å². The van der Waals surface area contributed by atoms with Gasteiger partial charge >= 0.3 is 0 Å². The summed E-state index contributed by atoms with van der Waals surface area (Å²) in [7, 11) is 0. The lowest BCUT2D eigenvalue weighted by atomic mass is 10.1. The molecule has 0 aliphatic carbocycles. The first-order valence-electron chi connectivity index (χ1n) is 6.34. The summed E-state index contributed by atoms with van der Waals surface area (Å²) in [5.74, 6) is -1.14. The number of rotatable bonds is 3. The summed E-state index contributed by atoms with van der Waals surface area (Å²) in [6.45, 7) is 1.55. The molecule has 2 aromatic carbocycles. The molecule has 0 saturated heterocycles. The Morgan fingerprint density at radius 1 is 1.33 bits per heavy atom. The zero-order chi connectivity index (χ0) is 15.4. The maximum absolute atomic E-state index is 13.9. The number of benzene rings is 2. The van der Waals surface area contributed by atoms with Crippen molar-refractivity contribution in [2.45, 2.75) is 13.3 Å². The summed E-state index contributed by atoms with van der Waals surface area (Å²) < 4.78 is 13.9. The third-order valence-corrected chi connectivity index (χ3v) is 3.02. The predicted octanol–water partition coefficient (Wildman–Crippen LogP) is 3.03. The molecule has 0 bridgehead atoms. The second-order valence-electron chi connectivity index (χ2n) is 4.69. The molecule has 2 rings (SSSR count). The van der Waals surface area contributed by atoms with Crippen LogP contribution in [0.4, 0.5) is 15.8 Å². The fourth-order valence-electron chi connectivity index (χ4n) is 1.96. The van der Waals surface area contributed by atoms with Crippen LogP contribution in [0.2, 0.25) is 0 Å². The molecule has 21 heavy (non-hydrogen) atoms. The standard InChI is InChI=1S/C16H14FN3O/c1-10-8-12(19)9-14(15(10)17)16(21)20-13-4-2-11(3-5-13)6-7-18/h2-5,8-9H,6,19H2,1H3,(H,20,21). The molecular formula is C16H14FN3O. The van der Waals surface area contributed by atoms with Gasteiger partial charge in [-0.1, -0.05) is 12.1 Å². The quantitative estimate of drug-likeness (QED) is 0.850. The van der Waals surface area contributed by atoms with Crippen LogP contribution in [-0.4, -0.2) is 5.91 Å². The molecule has 0 aliphatic heterocycles. The first-order valence-corrected chi connectivity index (χ1v) is 6.34. The van der Waals surface area contributed by atoms with Crippen molar-refractivity contribution < 1.29 is 9.18 Å². The normalized spacial score (nSPS) is 9.95. The maximum Gasteiger partial charge on any atom is 0.258 e. The second kappa shape index (κ2) is 6.06. The molecule has 5 heteroatoms. The lowest BCUT2D eigenvalue weighted by Crippen LogP contribution is -2.15. The van der Waals surface area contributed by atoms with Crippen LogP contribution in [0.1, 0.15) is 21.5 Å². The predicted molar refractivity (Wildman–Crippen MR) is 79.3 cm³/mol. The molecule has 0 fully saturated rings. The Kier molecular flexibility index (Phi) is 4.19. The molecule has 3 N–H and O–H groups in total. The highest BCUT2D eigenvalue weighted by atomic mass is 19.1. The van der Waals surface area contributed by atoms with Gasteiger partial charge in [0.1, 0.15) is 5.82 Å². The largest absolute Gasteiger partial charge is 0.399 e. The van der Waals surface area contributed by atoms with Gasteiger partial charge in [-0.2, -0.15) is 5.26 Å². The van der Waals surface area contributed by atoms with Gasteiger partial charge in [0.05, 0.1) is 18.1 Å². The van der Waals surface area contributed by atoms with Gasteiger partial charge in [0.25, 0.3) is 5.91 Å². The number of hydrogen-bond acceptors (Lipinski definition) is 3. The molecule has 106 valence electrons. The van der Waals surface area contributed by atoms with Crippen molar-refractivity contribution in [2.24, 2.45) is 0 Å². The number of anilines is 2. The molecule has 4 nitrogen and oxygen atoms in total. The van der Waals surface area contributed by atoms with Crippen LogP contribution < -0.4 is 11.1 Å². The number of amides is 1. The third kappa shape index (κ3) is 3.37. The van der Waals surface area contributed by atoms with Gasteiger partial charge in [-0.05, 0) is 42.3 Å². The number of carbonyl (C=O) groups excluding carboxylic acids is 1. The van der Waals surface area contributed by atoms with E-state index in [-0.39, 0.29) is 5.56 Å². The average molecular weight is 283 g/mol. The van der Waals surface area contributed by atoms with Crippen LogP contribution in [0.15, 0.2) is 36.4 Å². The molecule has 2 aromatic rings. The maximum atomic E-state index is 13.9. The van der Waals surface area contributed by atoms with E-state index >= 15 is 0 Å². The van der Waals surface area contributed by atoms with E-state index in [4.69, 9.17) is 11.0 Å². The Morgan fingerprint density at radius 3 is 2.62 bits per heavy atom. The number of nitrogen functional groups attached to an aromatic ring is 1. The van der Waals surface area contributed by atoms with Crippen molar-refractivity contribution in [3.63, 3.8) is 0 Å². The van der Waals surface area contributed by atoms with Crippen molar-refractivity contribution in [2.75, 3.05) is 11.1 Å². The molecule has 0 aliphatic rings. The van der Waals surface area contributed by atoms with E-state index in [9.17, 15) is 9.18 Å². The van der Waals surface area contributed by atoms with Gasteiger partial charge in [0, 0.05) is 11.4 Å². The van der Waals surface area contributed by atoms with Crippen molar-refractivity contribution in [1.82, 2.24) is 0 Å². The topological polar surface area (TPSA) is 78.9 Å². The number of nitriles is 1. The Labute approximate surface area is 122 Å². The number of nitrogens with one attached hydrogen (secondary N) is 1. The minimum absolute atomic E-state index is 0.0893. The van der Waals surface area contributed by atoms with Crippen LogP contribution in [0.3, 0.4) is 0 Å². The lowest BCUT2D eigenvalue weighted by Gasteiger charge is -2.09. The molecule has 0 unspecified atom stereocenters. The average Bonchev–Trinajstić information content (AvgIpc) is 2.45. The van der Waals surface area contributed by atoms with Crippen LogP contribution in [-0.2, 0) is 6.42 Å². The number of carbonyl (C=O) groups is 1. The molecule has 0 aromatic heterocycles. The Morgan fingerprint density at radius 2 is 2.00 bits per heavy atom. The fourth-order valence-corrected chi connectivity index (χ4v) is 1.96. The van der Waals surface area contributed by atoms with Gasteiger partial charge in [-0.25, -0.2) is 4.39 Å². The molecule has 0 saturated carbocycles. The SMILES string of the molecule is Cc1cc(N)cc(C(=O)Nc2ccc(CC#N)cc2)c1F. The zero-order valence-electron chi connectivity index (χ0n) is 11.5. The van der Waals surface area contributed by atoms with E-state index in [1.807, 2.05) is 6.07 Å². The van der Waals surface area contributed by atoms with E-state index in [0.717, 1.165) is 5.56 Å². The first-order chi connectivity index (χ1) is 10.0. The van der Waals surface area contributed by atoms with Crippen molar-refractivity contribution in [3.05, 3.63) is 58.9 Å². The number of nitrogens with zero attached hydrogens (tertiary/aromatic N) is 1. The van der Waals surface area contributed by atoms with Gasteiger partial charge in [0.2, 0.25) is 0 Å². The summed E-state index contributed by atoms with van der Waals surface area (Å²) in [6.07, 6.45) is 0.303. The smallest absolute Gasteiger partial charge is 0.258 e. The van der Waals surface area contributed by atoms with E-state index < -0.39 is 11.7 Å². The molecule has 0 atom stereocenters. The van der Waals surface area contributed by atoms with Gasteiger partial charge in [-0.15, -0.1) is 0 Å². The van der Waals surface area contributed by atoms with Crippen LogP contribution in [0, 0.1) is 24.1 Å². The number of hydrogen-bond donors (Lipinski definition) is 2. The molecule has 0 heterocycles. The van der Waals surface area contributed by atoms with Gasteiger partial charge < -0.3 is 11.1 Å². The minimum atomic E-state index is -0.581. The molecule has 0 radical (unpaired) electrons. The van der Waals surface area contributed by atoms with Crippen LogP contribution in [0.25, 0.3) is 0 Å². The highest BCUT2D eigenvalue weighted by Gasteiger charge is 2.14. The highest BCUT2D eigenvalue weighted by Crippen LogP contribution is 2.19. The third-order valence-electron chi connectivity index (χ3n) is 3.02. The van der Waals surface area contributed by atoms with E-state index in [0.29, 0.717) is 23.4 Å². The molecular weight excluding hydrogens is 269 g/mol. The Balaban J connectivity index is 2.20. The summed E-state index contributed by atoms with van der Waals surface area (Å²) in [5.41, 5.74) is 7.58. The van der Waals surface area contributed by atoms with Crippen molar-refractivity contribution in [1.29, 1.82) is 5.26 Å². The van der Waals surface area contributed by atoms with Crippen molar-refractivity contribution in [3.8, 4) is 6.07 Å². The summed E-state index contributed by atoms with van der Waals surface area (Å²) in [4.78, 5) is 12.1. The van der Waals surface area contributed by atoms with Crippen LogP contribution in [0.5, 0.6) is 0 Å². The zero-order valence-corrected chi connectivity index (χ0v) is 11.5. The summed E-state index contributed by atoms with van der Waals surface area (Å²) >= 11 is 0. The Hall–Kier alpha value is -2.87. The highest BCUT2D eigenvalue weighted by molar-refractivity contribution is 6.05. The minimum Gasteiger partial charge on any atom is -0.399 e. The second-order valence-corrected chi connectivity index (χ2v) is 4.69.